The van der Waals surface area contributed by atoms with Crippen LogP contribution in [0.15, 0.2) is 24.3 Å². The first-order valence-corrected chi connectivity index (χ1v) is 9.03. The molecule has 1 fully saturated rings. The normalized spacial score (nSPS) is 18.4. The Hall–Kier alpha value is -1.99. The number of para-hydroxylation sites is 1. The maximum atomic E-state index is 12.2. The minimum atomic E-state index is -0.407. The highest BCUT2D eigenvalue weighted by Gasteiger charge is 2.22. The van der Waals surface area contributed by atoms with E-state index in [1.165, 1.54) is 0 Å². The predicted molar refractivity (Wildman–Crippen MR) is 94.7 cm³/mol. The topological polar surface area (TPSA) is 74.3 Å². The second-order valence-electron chi connectivity index (χ2n) is 6.15. The third kappa shape index (κ3) is 4.30. The molecule has 1 saturated heterocycles. The summed E-state index contributed by atoms with van der Waals surface area (Å²) in [5.74, 6) is -0.199. The van der Waals surface area contributed by atoms with Gasteiger partial charge in [0.2, 0.25) is 11.8 Å². The van der Waals surface area contributed by atoms with Crippen LogP contribution in [0, 0.1) is 0 Å². The summed E-state index contributed by atoms with van der Waals surface area (Å²) in [6.07, 6.45) is 2.63. The second-order valence-corrected chi connectivity index (χ2v) is 7.27. The molecular weight excluding hydrogens is 324 g/mol. The quantitative estimate of drug-likeness (QED) is 0.861. The van der Waals surface area contributed by atoms with Gasteiger partial charge < -0.3 is 10.6 Å². The first-order chi connectivity index (χ1) is 11.6. The van der Waals surface area contributed by atoms with Crippen LogP contribution >= 0.6 is 11.3 Å². The number of likely N-dealkylation sites (N-methyl/N-ethyl adjacent to an activating group) is 1. The van der Waals surface area contributed by atoms with Gasteiger partial charge in [-0.1, -0.05) is 12.1 Å². The molecule has 0 radical (unpaired) electrons. The minimum Gasteiger partial charge on any atom is -0.354 e. The lowest BCUT2D eigenvalue weighted by Crippen LogP contribution is -2.48. The largest absolute Gasteiger partial charge is 0.354 e. The standard InChI is InChI=1S/C17H22N4O2S/c1-21(11-16-20-12-6-2-3-8-14(12)24-16)10-15(22)19-13-7-4-5-9-18-17(13)23/h2-3,6,8,13H,4-5,7,9-11H2,1H3,(H,18,23)(H,19,22). The Morgan fingerprint density at radius 3 is 3.08 bits per heavy atom. The highest BCUT2D eigenvalue weighted by Crippen LogP contribution is 2.22. The van der Waals surface area contributed by atoms with Gasteiger partial charge in [0, 0.05) is 6.54 Å². The van der Waals surface area contributed by atoms with Gasteiger partial charge in [0.1, 0.15) is 11.0 Å². The number of hydrogen-bond acceptors (Lipinski definition) is 5. The number of carbonyl (C=O) groups excluding carboxylic acids is 2. The molecule has 0 aliphatic carbocycles. The summed E-state index contributed by atoms with van der Waals surface area (Å²) < 4.78 is 1.15. The fourth-order valence-corrected chi connectivity index (χ4v) is 3.88. The van der Waals surface area contributed by atoms with Gasteiger partial charge in [-0.15, -0.1) is 11.3 Å². The Morgan fingerprint density at radius 2 is 2.25 bits per heavy atom. The van der Waals surface area contributed by atoms with E-state index in [1.807, 2.05) is 36.2 Å². The van der Waals surface area contributed by atoms with Crippen molar-refractivity contribution in [1.29, 1.82) is 0 Å². The van der Waals surface area contributed by atoms with Crippen molar-refractivity contribution in [3.63, 3.8) is 0 Å². The number of nitrogens with zero attached hydrogens (tertiary/aromatic N) is 2. The van der Waals surface area contributed by atoms with Gasteiger partial charge in [0.25, 0.3) is 0 Å². The maximum Gasteiger partial charge on any atom is 0.242 e. The number of aromatic nitrogens is 1. The third-order valence-electron chi connectivity index (χ3n) is 4.03. The number of hydrogen-bond donors (Lipinski definition) is 2. The lowest BCUT2D eigenvalue weighted by molar-refractivity contribution is -0.129. The first-order valence-electron chi connectivity index (χ1n) is 8.22. The van der Waals surface area contributed by atoms with Crippen molar-refractivity contribution in [3.05, 3.63) is 29.3 Å². The summed E-state index contributed by atoms with van der Waals surface area (Å²) in [4.78, 5) is 30.6. The van der Waals surface area contributed by atoms with Crippen LogP contribution in [0.4, 0.5) is 0 Å². The molecule has 128 valence electrons. The Morgan fingerprint density at radius 1 is 1.42 bits per heavy atom. The molecule has 1 aromatic carbocycles. The monoisotopic (exact) mass is 346 g/mol. The van der Waals surface area contributed by atoms with E-state index in [0.717, 1.165) is 28.1 Å². The molecule has 1 aromatic heterocycles. The van der Waals surface area contributed by atoms with Gasteiger partial charge in [0.15, 0.2) is 0 Å². The van der Waals surface area contributed by atoms with E-state index < -0.39 is 6.04 Å². The van der Waals surface area contributed by atoms with Crippen LogP contribution in [0.25, 0.3) is 10.2 Å². The number of carbonyl (C=O) groups is 2. The molecular formula is C17H22N4O2S. The van der Waals surface area contributed by atoms with Crippen LogP contribution in [0.1, 0.15) is 24.3 Å². The SMILES string of the molecule is CN(CC(=O)NC1CCCCNC1=O)Cc1nc2ccccc2s1. The Kier molecular flexibility index (Phi) is 5.42. The average Bonchev–Trinajstić information content (AvgIpc) is 2.84. The molecule has 1 aliphatic heterocycles. The molecule has 24 heavy (non-hydrogen) atoms. The number of thiazole rings is 1. The molecule has 3 rings (SSSR count). The first kappa shape index (κ1) is 16.9. The van der Waals surface area contributed by atoms with E-state index in [1.54, 1.807) is 11.3 Å². The zero-order valence-electron chi connectivity index (χ0n) is 13.7. The molecule has 2 aromatic rings. The molecule has 7 heteroatoms. The zero-order chi connectivity index (χ0) is 16.9. The summed E-state index contributed by atoms with van der Waals surface area (Å²) in [7, 11) is 1.89. The van der Waals surface area contributed by atoms with Gasteiger partial charge in [-0.3, -0.25) is 14.5 Å². The van der Waals surface area contributed by atoms with Crippen molar-refractivity contribution in [2.45, 2.75) is 31.8 Å². The number of amides is 2. The summed E-state index contributed by atoms with van der Waals surface area (Å²) in [5, 5.41) is 6.66. The van der Waals surface area contributed by atoms with Crippen LogP contribution < -0.4 is 10.6 Å². The van der Waals surface area contributed by atoms with E-state index in [-0.39, 0.29) is 18.4 Å². The van der Waals surface area contributed by atoms with Crippen molar-refractivity contribution >= 4 is 33.4 Å². The van der Waals surface area contributed by atoms with E-state index in [0.29, 0.717) is 19.5 Å². The van der Waals surface area contributed by atoms with Crippen molar-refractivity contribution in [2.75, 3.05) is 20.1 Å². The molecule has 2 N–H and O–H groups in total. The van der Waals surface area contributed by atoms with Crippen LogP contribution in [0.3, 0.4) is 0 Å². The molecule has 1 atom stereocenters. The van der Waals surface area contributed by atoms with E-state index >= 15 is 0 Å². The van der Waals surface area contributed by atoms with E-state index in [2.05, 4.69) is 15.6 Å². The third-order valence-corrected chi connectivity index (χ3v) is 5.05. The minimum absolute atomic E-state index is 0.0744. The van der Waals surface area contributed by atoms with Crippen molar-refractivity contribution in [1.82, 2.24) is 20.5 Å². The number of benzene rings is 1. The Labute approximate surface area is 145 Å². The number of nitrogens with one attached hydrogen (secondary N) is 2. The maximum absolute atomic E-state index is 12.2. The molecule has 1 unspecified atom stereocenters. The van der Waals surface area contributed by atoms with E-state index in [4.69, 9.17) is 0 Å². The smallest absolute Gasteiger partial charge is 0.242 e. The van der Waals surface area contributed by atoms with Gasteiger partial charge in [-0.05, 0) is 38.4 Å². The molecule has 1 aliphatic rings. The summed E-state index contributed by atoms with van der Waals surface area (Å²) in [5.41, 5.74) is 0.991. The number of fused-ring (bicyclic) bond motifs is 1. The molecule has 6 nitrogen and oxygen atoms in total. The van der Waals surface area contributed by atoms with Crippen LogP contribution in [-0.4, -0.2) is 47.9 Å². The van der Waals surface area contributed by atoms with E-state index in [9.17, 15) is 9.59 Å². The van der Waals surface area contributed by atoms with Crippen molar-refractivity contribution in [3.8, 4) is 0 Å². The molecule has 0 spiro atoms. The lowest BCUT2D eigenvalue weighted by atomic mass is 10.1. The molecule has 2 heterocycles. The highest BCUT2D eigenvalue weighted by atomic mass is 32.1. The fraction of sp³-hybridized carbons (Fsp3) is 0.471. The Balaban J connectivity index is 1.52. The molecule has 0 bridgehead atoms. The fourth-order valence-electron chi connectivity index (χ4n) is 2.84. The predicted octanol–water partition coefficient (Wildman–Crippen LogP) is 1.51. The number of rotatable bonds is 5. The van der Waals surface area contributed by atoms with Crippen molar-refractivity contribution < 1.29 is 9.59 Å². The van der Waals surface area contributed by atoms with Crippen molar-refractivity contribution in [2.24, 2.45) is 0 Å². The molecule has 0 saturated carbocycles. The van der Waals surface area contributed by atoms with Gasteiger partial charge >= 0.3 is 0 Å². The van der Waals surface area contributed by atoms with Gasteiger partial charge in [-0.25, -0.2) is 4.98 Å². The van der Waals surface area contributed by atoms with Gasteiger partial charge in [-0.2, -0.15) is 0 Å². The summed E-state index contributed by atoms with van der Waals surface area (Å²) in [6.45, 7) is 1.56. The lowest BCUT2D eigenvalue weighted by Gasteiger charge is -2.18. The summed E-state index contributed by atoms with van der Waals surface area (Å²) in [6, 6.07) is 7.61. The Bertz CT molecular complexity index is 697. The van der Waals surface area contributed by atoms with Crippen LogP contribution in [-0.2, 0) is 16.1 Å². The highest BCUT2D eigenvalue weighted by molar-refractivity contribution is 7.18. The van der Waals surface area contributed by atoms with Crippen LogP contribution in [0.5, 0.6) is 0 Å². The zero-order valence-corrected chi connectivity index (χ0v) is 14.6. The second kappa shape index (κ2) is 7.72. The summed E-state index contributed by atoms with van der Waals surface area (Å²) >= 11 is 1.64. The molecule has 2 amide bonds. The average molecular weight is 346 g/mol. The van der Waals surface area contributed by atoms with Gasteiger partial charge in [0.05, 0.1) is 23.3 Å². The van der Waals surface area contributed by atoms with Crippen LogP contribution in [0.2, 0.25) is 0 Å².